The van der Waals surface area contributed by atoms with Crippen LogP contribution >= 0.6 is 0 Å². The number of carbonyl (C=O) groups excluding carboxylic acids is 1. The van der Waals surface area contributed by atoms with Crippen LogP contribution in [-0.4, -0.2) is 63.3 Å². The number of carbonyl (C=O) groups is 1. The van der Waals surface area contributed by atoms with Crippen molar-refractivity contribution in [1.82, 2.24) is 0 Å². The maximum absolute atomic E-state index is 13.3. The van der Waals surface area contributed by atoms with Crippen LogP contribution < -0.4 is 0 Å². The molecule has 12 atom stereocenters. The van der Waals surface area contributed by atoms with E-state index in [1.807, 2.05) is 0 Å². The fourth-order valence-electron chi connectivity index (χ4n) is 9.06. The summed E-state index contributed by atoms with van der Waals surface area (Å²) in [6.07, 6.45) is 5.20. The second-order valence-corrected chi connectivity index (χ2v) is 13.0. The number of ether oxygens (including phenoxy) is 1. The molecule has 4 fully saturated rings. The van der Waals surface area contributed by atoms with Gasteiger partial charge >= 0.3 is 0 Å². The van der Waals surface area contributed by atoms with Crippen molar-refractivity contribution < 1.29 is 30.0 Å². The topological polar surface area (TPSA) is 107 Å². The molecule has 4 N–H and O–H groups in total. The van der Waals surface area contributed by atoms with Crippen molar-refractivity contribution in [1.29, 1.82) is 0 Å². The fourth-order valence-corrected chi connectivity index (χ4v) is 9.06. The Morgan fingerprint density at radius 1 is 1.12 bits per heavy atom. The largest absolute Gasteiger partial charge is 0.396 e. The Morgan fingerprint density at radius 3 is 2.50 bits per heavy atom. The Hall–Kier alpha value is -0.790. The lowest BCUT2D eigenvalue weighted by Crippen LogP contribution is -2.60. The molecule has 1 heterocycles. The van der Waals surface area contributed by atoms with Crippen LogP contribution in [0.5, 0.6) is 0 Å². The summed E-state index contributed by atoms with van der Waals surface area (Å²) in [5, 5.41) is 44.4. The average molecular weight is 477 g/mol. The van der Waals surface area contributed by atoms with Gasteiger partial charge in [-0.05, 0) is 85.7 Å². The molecule has 0 aromatic rings. The van der Waals surface area contributed by atoms with E-state index in [0.29, 0.717) is 38.2 Å². The highest BCUT2D eigenvalue weighted by Gasteiger charge is 2.67. The van der Waals surface area contributed by atoms with Gasteiger partial charge in [-0.25, -0.2) is 0 Å². The first-order valence-corrected chi connectivity index (χ1v) is 13.5. The van der Waals surface area contributed by atoms with Gasteiger partial charge in [0.2, 0.25) is 0 Å². The number of aliphatic hydroxyl groups is 4. The van der Waals surface area contributed by atoms with Crippen molar-refractivity contribution in [2.75, 3.05) is 13.2 Å². The van der Waals surface area contributed by atoms with Gasteiger partial charge in [0, 0.05) is 30.5 Å². The predicted octanol–water partition coefficient (Wildman–Crippen LogP) is 2.86. The van der Waals surface area contributed by atoms with Gasteiger partial charge in [-0.3, -0.25) is 4.79 Å². The Kier molecular flexibility index (Phi) is 6.13. The summed E-state index contributed by atoms with van der Waals surface area (Å²) in [7, 11) is 0. The van der Waals surface area contributed by atoms with Crippen LogP contribution in [0.25, 0.3) is 0 Å². The molecule has 5 aliphatic rings. The summed E-state index contributed by atoms with van der Waals surface area (Å²) in [5.41, 5.74) is -0.971. The van der Waals surface area contributed by atoms with Crippen LogP contribution in [0.15, 0.2) is 11.6 Å². The molecule has 6 nitrogen and oxygen atoms in total. The van der Waals surface area contributed by atoms with Crippen LogP contribution in [-0.2, 0) is 9.53 Å². The molecule has 0 spiro atoms. The monoisotopic (exact) mass is 476 g/mol. The zero-order chi connectivity index (χ0) is 24.6. The summed E-state index contributed by atoms with van der Waals surface area (Å²) < 4.78 is 5.96. The summed E-state index contributed by atoms with van der Waals surface area (Å²) >= 11 is 0. The molecule has 0 aromatic heterocycles. The van der Waals surface area contributed by atoms with Gasteiger partial charge in [-0.2, -0.15) is 0 Å². The normalized spacial score (nSPS) is 52.4. The number of ketones is 1. The lowest BCUT2D eigenvalue weighted by Gasteiger charge is -2.60. The van der Waals surface area contributed by atoms with E-state index >= 15 is 0 Å². The van der Waals surface area contributed by atoms with Gasteiger partial charge in [0.15, 0.2) is 5.78 Å². The highest BCUT2D eigenvalue weighted by atomic mass is 16.5. The third-order valence-electron chi connectivity index (χ3n) is 11.6. The Morgan fingerprint density at radius 2 is 1.85 bits per heavy atom. The van der Waals surface area contributed by atoms with Gasteiger partial charge in [0.25, 0.3) is 0 Å². The molecule has 1 saturated heterocycles. The van der Waals surface area contributed by atoms with E-state index in [0.717, 1.165) is 24.8 Å². The zero-order valence-corrected chi connectivity index (χ0v) is 21.2. The molecule has 5 rings (SSSR count). The van der Waals surface area contributed by atoms with Gasteiger partial charge < -0.3 is 25.2 Å². The maximum Gasteiger partial charge on any atom is 0.159 e. The number of hydrogen-bond acceptors (Lipinski definition) is 6. The Bertz CT molecular complexity index is 856. The first kappa shape index (κ1) is 24.9. The lowest BCUT2D eigenvalue weighted by molar-refractivity contribution is -0.147. The summed E-state index contributed by atoms with van der Waals surface area (Å²) in [6, 6.07) is 0. The van der Waals surface area contributed by atoms with Gasteiger partial charge in [0.05, 0.1) is 23.9 Å². The molecule has 0 radical (unpaired) electrons. The summed E-state index contributed by atoms with van der Waals surface area (Å²) in [4.78, 5) is 13.3. The van der Waals surface area contributed by atoms with E-state index in [9.17, 15) is 25.2 Å². The molecule has 0 aromatic carbocycles. The molecule has 192 valence electrons. The molecule has 0 amide bonds. The minimum atomic E-state index is -1.11. The molecular formula is C28H44O6. The van der Waals surface area contributed by atoms with Crippen LogP contribution in [0, 0.1) is 46.3 Å². The molecule has 0 bridgehead atoms. The molecule has 6 heteroatoms. The number of aliphatic hydroxyl groups excluding tert-OH is 3. The SMILES string of the molecule is C[C@H]1[C@H]([C@@H](O)[C@@H](CO)[C@H]2CC[C@@]3(O)C4=CC(=O)C5C[C@@H](O)CC[C@]5(C)[C@H]4CC[C@]23C)OC[C@@H]1C. The van der Waals surface area contributed by atoms with Crippen LogP contribution in [0.4, 0.5) is 0 Å². The highest BCUT2D eigenvalue weighted by molar-refractivity contribution is 5.95. The standard InChI is InChI=1S/C28H44O6/c1-15-14-34-25(16(15)2)24(32)18(13-29)19-7-10-28(33)21-12-23(31)22-11-17(30)5-8-26(22,3)20(21)6-9-27(19,28)4/h12,15-20,22,24-25,29-30,32-33H,5-11,13-14H2,1-4H3/t15-,16+,17-,18-,19+,20-,22?,24-,25+,26+,27+,28+/m0/s1. The zero-order valence-electron chi connectivity index (χ0n) is 21.2. The molecule has 1 unspecified atom stereocenters. The second kappa shape index (κ2) is 8.37. The molecule has 1 aliphatic heterocycles. The van der Waals surface area contributed by atoms with E-state index in [1.165, 1.54) is 0 Å². The fraction of sp³-hybridized carbons (Fsp3) is 0.893. The van der Waals surface area contributed by atoms with Crippen molar-refractivity contribution in [2.45, 2.75) is 96.6 Å². The van der Waals surface area contributed by atoms with E-state index in [-0.39, 0.29) is 53.5 Å². The van der Waals surface area contributed by atoms with Crippen molar-refractivity contribution in [3.8, 4) is 0 Å². The number of rotatable bonds is 4. The third kappa shape index (κ3) is 3.28. The van der Waals surface area contributed by atoms with Crippen LogP contribution in [0.1, 0.15) is 72.6 Å². The second-order valence-electron chi connectivity index (χ2n) is 13.0. The number of hydrogen-bond donors (Lipinski definition) is 4. The Balaban J connectivity index is 1.47. The van der Waals surface area contributed by atoms with E-state index in [2.05, 4.69) is 27.7 Å². The smallest absolute Gasteiger partial charge is 0.159 e. The van der Waals surface area contributed by atoms with Crippen molar-refractivity contribution in [3.05, 3.63) is 11.6 Å². The molecular weight excluding hydrogens is 432 g/mol. The highest BCUT2D eigenvalue weighted by Crippen LogP contribution is 2.68. The van der Waals surface area contributed by atoms with Gasteiger partial charge in [-0.1, -0.05) is 27.7 Å². The van der Waals surface area contributed by atoms with Crippen molar-refractivity contribution >= 4 is 5.78 Å². The molecule has 34 heavy (non-hydrogen) atoms. The van der Waals surface area contributed by atoms with Gasteiger partial charge in [-0.15, -0.1) is 0 Å². The predicted molar refractivity (Wildman–Crippen MR) is 128 cm³/mol. The van der Waals surface area contributed by atoms with E-state index < -0.39 is 23.2 Å². The molecule has 4 aliphatic carbocycles. The molecule has 3 saturated carbocycles. The minimum Gasteiger partial charge on any atom is -0.396 e. The minimum absolute atomic E-state index is 0.0505. The van der Waals surface area contributed by atoms with Gasteiger partial charge in [0.1, 0.15) is 0 Å². The number of fused-ring (bicyclic) bond motifs is 5. The first-order chi connectivity index (χ1) is 16.0. The maximum atomic E-state index is 13.3. The summed E-state index contributed by atoms with van der Waals surface area (Å²) in [5.74, 6) is 0.161. The van der Waals surface area contributed by atoms with Crippen LogP contribution in [0.2, 0.25) is 0 Å². The Labute approximate surface area is 203 Å². The third-order valence-corrected chi connectivity index (χ3v) is 11.6. The first-order valence-electron chi connectivity index (χ1n) is 13.5. The quantitative estimate of drug-likeness (QED) is 0.497. The van der Waals surface area contributed by atoms with E-state index in [4.69, 9.17) is 4.74 Å². The average Bonchev–Trinajstić information content (AvgIpc) is 3.27. The summed E-state index contributed by atoms with van der Waals surface area (Å²) in [6.45, 7) is 9.02. The van der Waals surface area contributed by atoms with Crippen molar-refractivity contribution in [2.24, 2.45) is 46.3 Å². The van der Waals surface area contributed by atoms with Crippen molar-refractivity contribution in [3.63, 3.8) is 0 Å². The number of allylic oxidation sites excluding steroid dienone is 1. The lowest BCUT2D eigenvalue weighted by atomic mass is 9.46. The van der Waals surface area contributed by atoms with E-state index in [1.54, 1.807) is 6.08 Å². The van der Waals surface area contributed by atoms with Crippen LogP contribution in [0.3, 0.4) is 0 Å².